The molecule has 108 valence electrons. The lowest BCUT2D eigenvalue weighted by Crippen LogP contribution is -2.15. The van der Waals surface area contributed by atoms with Crippen molar-refractivity contribution >= 4 is 15.9 Å². The van der Waals surface area contributed by atoms with Gasteiger partial charge in [0.2, 0.25) is 11.7 Å². The number of hydrogen-bond donors (Lipinski definition) is 1. The van der Waals surface area contributed by atoms with Crippen LogP contribution in [0.25, 0.3) is 11.4 Å². The zero-order valence-electron chi connectivity index (χ0n) is 12.1. The molecule has 0 amide bonds. The second-order valence-corrected chi connectivity index (χ2v) is 6.34. The summed E-state index contributed by atoms with van der Waals surface area (Å²) in [6.45, 7) is 6.90. The van der Waals surface area contributed by atoms with Crippen LogP contribution in [0.2, 0.25) is 0 Å². The maximum atomic E-state index is 5.81. The lowest BCUT2D eigenvalue weighted by Gasteiger charge is -2.11. The minimum atomic E-state index is 0.130. The Morgan fingerprint density at radius 1 is 1.35 bits per heavy atom. The normalized spacial score (nSPS) is 12.9. The van der Waals surface area contributed by atoms with E-state index in [2.05, 4.69) is 39.9 Å². The van der Waals surface area contributed by atoms with Crippen LogP contribution in [0.3, 0.4) is 0 Å². The predicted molar refractivity (Wildman–Crippen MR) is 83.4 cm³/mol. The Morgan fingerprint density at radius 3 is 2.70 bits per heavy atom. The van der Waals surface area contributed by atoms with Crippen molar-refractivity contribution in [2.24, 2.45) is 11.7 Å². The first kappa shape index (κ1) is 15.2. The van der Waals surface area contributed by atoms with E-state index in [4.69, 9.17) is 10.3 Å². The molecule has 1 aromatic heterocycles. The maximum absolute atomic E-state index is 5.81. The van der Waals surface area contributed by atoms with Crippen molar-refractivity contribution in [3.8, 4) is 11.4 Å². The molecule has 2 N–H and O–H groups in total. The zero-order valence-corrected chi connectivity index (χ0v) is 13.6. The van der Waals surface area contributed by atoms with Gasteiger partial charge in [0, 0.05) is 16.6 Å². The van der Waals surface area contributed by atoms with Gasteiger partial charge in [0.1, 0.15) is 0 Å². The van der Waals surface area contributed by atoms with Crippen molar-refractivity contribution < 1.29 is 4.52 Å². The third kappa shape index (κ3) is 3.46. The van der Waals surface area contributed by atoms with Crippen molar-refractivity contribution in [2.45, 2.75) is 33.1 Å². The third-order valence-electron chi connectivity index (χ3n) is 3.26. The first-order valence-electron chi connectivity index (χ1n) is 6.81. The molecule has 1 aromatic carbocycles. The molecule has 4 nitrogen and oxygen atoms in total. The summed E-state index contributed by atoms with van der Waals surface area (Å²) in [6.07, 6.45) is 0.954. The third-order valence-corrected chi connectivity index (χ3v) is 4.12. The summed E-state index contributed by atoms with van der Waals surface area (Å²) < 4.78 is 6.43. The lowest BCUT2D eigenvalue weighted by molar-refractivity contribution is 0.335. The fourth-order valence-electron chi connectivity index (χ4n) is 2.12. The average molecular weight is 338 g/mol. The van der Waals surface area contributed by atoms with E-state index < -0.39 is 0 Å². The number of benzene rings is 1. The van der Waals surface area contributed by atoms with Crippen molar-refractivity contribution in [1.29, 1.82) is 0 Å². The molecule has 0 aliphatic carbocycles. The van der Waals surface area contributed by atoms with Gasteiger partial charge in [-0.2, -0.15) is 4.98 Å². The molecule has 0 fully saturated rings. The van der Waals surface area contributed by atoms with Crippen LogP contribution in [0.15, 0.2) is 27.2 Å². The molecule has 1 atom stereocenters. The molecule has 5 heteroatoms. The molecule has 20 heavy (non-hydrogen) atoms. The van der Waals surface area contributed by atoms with E-state index >= 15 is 0 Å². The number of halogens is 1. The Labute approximate surface area is 127 Å². The number of nitrogens with zero attached hydrogens (tertiary/aromatic N) is 2. The second kappa shape index (κ2) is 6.50. The van der Waals surface area contributed by atoms with Crippen molar-refractivity contribution in [1.82, 2.24) is 10.1 Å². The highest BCUT2D eigenvalue weighted by molar-refractivity contribution is 9.10. The Kier molecular flexibility index (Phi) is 4.94. The molecule has 0 aliphatic heterocycles. The van der Waals surface area contributed by atoms with Gasteiger partial charge < -0.3 is 10.3 Å². The zero-order chi connectivity index (χ0) is 14.7. The van der Waals surface area contributed by atoms with E-state index in [0.717, 1.165) is 16.5 Å². The molecule has 2 rings (SSSR count). The molecule has 0 aliphatic rings. The minimum Gasteiger partial charge on any atom is -0.339 e. The summed E-state index contributed by atoms with van der Waals surface area (Å²) in [7, 11) is 0. The van der Waals surface area contributed by atoms with E-state index in [1.165, 1.54) is 5.56 Å². The Morgan fingerprint density at radius 2 is 2.10 bits per heavy atom. The second-order valence-electron chi connectivity index (χ2n) is 5.48. The molecule has 2 aromatic rings. The fraction of sp³-hybridized carbons (Fsp3) is 0.467. The van der Waals surface area contributed by atoms with Crippen LogP contribution in [-0.4, -0.2) is 16.7 Å². The van der Waals surface area contributed by atoms with E-state index in [9.17, 15) is 0 Å². The number of hydrogen-bond acceptors (Lipinski definition) is 4. The molecule has 0 radical (unpaired) electrons. The summed E-state index contributed by atoms with van der Waals surface area (Å²) in [4.78, 5) is 4.50. The van der Waals surface area contributed by atoms with Gasteiger partial charge in [-0.1, -0.05) is 47.1 Å². The SMILES string of the molecule is Cc1ccc(-c2noc(C(CN)CC(C)C)n2)cc1Br. The highest BCUT2D eigenvalue weighted by atomic mass is 79.9. The number of nitrogens with two attached hydrogens (primary N) is 1. The van der Waals surface area contributed by atoms with Crippen LogP contribution >= 0.6 is 15.9 Å². The number of aryl methyl sites for hydroxylation is 1. The van der Waals surface area contributed by atoms with Crippen molar-refractivity contribution in [3.05, 3.63) is 34.1 Å². The molecule has 1 heterocycles. The quantitative estimate of drug-likeness (QED) is 0.898. The van der Waals surface area contributed by atoms with Crippen molar-refractivity contribution in [2.75, 3.05) is 6.54 Å². The smallest absolute Gasteiger partial charge is 0.231 e. The molecular weight excluding hydrogens is 318 g/mol. The van der Waals surface area contributed by atoms with Gasteiger partial charge in [-0.25, -0.2) is 0 Å². The lowest BCUT2D eigenvalue weighted by atomic mass is 9.97. The van der Waals surface area contributed by atoms with Crippen LogP contribution in [0.4, 0.5) is 0 Å². The first-order valence-corrected chi connectivity index (χ1v) is 7.60. The van der Waals surface area contributed by atoms with Gasteiger partial charge in [-0.05, 0) is 30.9 Å². The summed E-state index contributed by atoms with van der Waals surface area (Å²) in [5.74, 6) is 1.92. The van der Waals surface area contributed by atoms with Crippen LogP contribution in [0, 0.1) is 12.8 Å². The van der Waals surface area contributed by atoms with E-state index in [0.29, 0.717) is 24.2 Å². The highest BCUT2D eigenvalue weighted by Gasteiger charge is 2.19. The Hall–Kier alpha value is -1.20. The van der Waals surface area contributed by atoms with E-state index in [1.54, 1.807) is 0 Å². The van der Waals surface area contributed by atoms with Crippen LogP contribution in [0.5, 0.6) is 0 Å². The molecule has 0 spiro atoms. The van der Waals surface area contributed by atoms with Crippen LogP contribution in [0.1, 0.15) is 37.6 Å². The van der Waals surface area contributed by atoms with Gasteiger partial charge in [0.25, 0.3) is 0 Å². The molecule has 0 saturated heterocycles. The monoisotopic (exact) mass is 337 g/mol. The van der Waals surface area contributed by atoms with Crippen LogP contribution in [-0.2, 0) is 0 Å². The van der Waals surface area contributed by atoms with E-state index in [-0.39, 0.29) is 5.92 Å². The fourth-order valence-corrected chi connectivity index (χ4v) is 2.50. The average Bonchev–Trinajstić information content (AvgIpc) is 2.88. The number of aromatic nitrogens is 2. The van der Waals surface area contributed by atoms with Crippen molar-refractivity contribution in [3.63, 3.8) is 0 Å². The standard InChI is InChI=1S/C15H20BrN3O/c1-9(2)6-12(8-17)15-18-14(19-20-15)11-5-4-10(3)13(16)7-11/h4-5,7,9,12H,6,8,17H2,1-3H3. The number of rotatable bonds is 5. The molecular formula is C15H20BrN3O. The topological polar surface area (TPSA) is 64.9 Å². The maximum Gasteiger partial charge on any atom is 0.231 e. The van der Waals surface area contributed by atoms with Gasteiger partial charge in [0.05, 0.1) is 5.92 Å². The van der Waals surface area contributed by atoms with Gasteiger partial charge in [-0.3, -0.25) is 0 Å². The largest absolute Gasteiger partial charge is 0.339 e. The van der Waals surface area contributed by atoms with Gasteiger partial charge >= 0.3 is 0 Å². The summed E-state index contributed by atoms with van der Waals surface area (Å²) in [5.41, 5.74) is 7.93. The predicted octanol–water partition coefficient (Wildman–Crippen LogP) is 3.90. The van der Waals surface area contributed by atoms with Crippen LogP contribution < -0.4 is 5.73 Å². The van der Waals surface area contributed by atoms with Gasteiger partial charge in [0.15, 0.2) is 0 Å². The molecule has 0 bridgehead atoms. The summed E-state index contributed by atoms with van der Waals surface area (Å²) in [5, 5.41) is 4.07. The summed E-state index contributed by atoms with van der Waals surface area (Å²) in [6, 6.07) is 6.03. The molecule has 0 saturated carbocycles. The Balaban J connectivity index is 2.25. The van der Waals surface area contributed by atoms with E-state index in [1.807, 2.05) is 25.1 Å². The molecule has 1 unspecified atom stereocenters. The minimum absolute atomic E-state index is 0.130. The highest BCUT2D eigenvalue weighted by Crippen LogP contribution is 2.26. The Bertz CT molecular complexity index is 580. The first-order chi connectivity index (χ1) is 9.51. The van der Waals surface area contributed by atoms with Gasteiger partial charge in [-0.15, -0.1) is 0 Å². The summed E-state index contributed by atoms with van der Waals surface area (Å²) >= 11 is 3.52.